The molecule has 2 nitrogen and oxygen atoms in total. The first-order valence-electron chi connectivity index (χ1n) is 4.32. The Hall–Kier alpha value is -0.490. The molecule has 0 fully saturated rings. The average Bonchev–Trinajstić information content (AvgIpc) is 2.68. The number of hydrogen-bond donors (Lipinski definition) is 1. The van der Waals surface area contributed by atoms with Crippen LogP contribution in [0.3, 0.4) is 0 Å². The molecule has 1 heterocycles. The second kappa shape index (κ2) is 4.79. The van der Waals surface area contributed by atoms with Gasteiger partial charge in [0.15, 0.2) is 0 Å². The Morgan fingerprint density at radius 3 is 2.81 bits per heavy atom. The number of aliphatic hydroxyl groups is 1. The molecule has 0 aliphatic carbocycles. The van der Waals surface area contributed by atoms with Gasteiger partial charge in [-0.3, -0.25) is 0 Å². The molecule has 0 aliphatic heterocycles. The predicted molar refractivity (Wildman–Crippen MR) is 65.3 cm³/mol. The Morgan fingerprint density at radius 1 is 1.50 bits per heavy atom. The number of aromatic nitrogens is 1. The van der Waals surface area contributed by atoms with Crippen LogP contribution in [-0.2, 0) is 0 Å². The third-order valence-electron chi connectivity index (χ3n) is 1.99. The Labute approximate surface area is 109 Å². The number of thiazole rings is 1. The van der Waals surface area contributed by atoms with E-state index in [-0.39, 0.29) is 5.02 Å². The third kappa shape index (κ3) is 2.43. The minimum Gasteiger partial charge on any atom is -0.381 e. The zero-order chi connectivity index (χ0) is 11.7. The van der Waals surface area contributed by atoms with Gasteiger partial charge in [-0.05, 0) is 33.6 Å². The lowest BCUT2D eigenvalue weighted by Gasteiger charge is -2.08. The van der Waals surface area contributed by atoms with Crippen molar-refractivity contribution >= 4 is 38.9 Å². The minimum atomic E-state index is -0.880. The van der Waals surface area contributed by atoms with Crippen molar-refractivity contribution in [2.75, 3.05) is 0 Å². The molecular formula is C10H6BrClFNOS. The highest BCUT2D eigenvalue weighted by Crippen LogP contribution is 2.28. The van der Waals surface area contributed by atoms with Crippen LogP contribution < -0.4 is 0 Å². The van der Waals surface area contributed by atoms with Crippen molar-refractivity contribution in [1.29, 1.82) is 0 Å². The van der Waals surface area contributed by atoms with Crippen LogP contribution in [0.4, 0.5) is 4.39 Å². The number of benzene rings is 1. The van der Waals surface area contributed by atoms with E-state index >= 15 is 0 Å². The second-order valence-corrected chi connectivity index (χ2v) is 5.19. The van der Waals surface area contributed by atoms with Gasteiger partial charge in [0.1, 0.15) is 21.5 Å². The van der Waals surface area contributed by atoms with Crippen molar-refractivity contribution in [3.8, 4) is 0 Å². The smallest absolute Gasteiger partial charge is 0.141 e. The van der Waals surface area contributed by atoms with E-state index in [0.717, 1.165) is 0 Å². The maximum absolute atomic E-state index is 12.9. The first-order valence-corrected chi connectivity index (χ1v) is 6.37. The molecule has 0 amide bonds. The number of aliphatic hydroxyl groups excluding tert-OH is 1. The van der Waals surface area contributed by atoms with Crippen molar-refractivity contribution in [3.05, 3.63) is 49.6 Å². The molecule has 0 aliphatic rings. The van der Waals surface area contributed by atoms with E-state index in [1.807, 2.05) is 0 Å². The van der Waals surface area contributed by atoms with Gasteiger partial charge in [-0.1, -0.05) is 17.7 Å². The summed E-state index contributed by atoms with van der Waals surface area (Å²) >= 11 is 10.2. The van der Waals surface area contributed by atoms with Crippen molar-refractivity contribution in [2.24, 2.45) is 0 Å². The molecule has 1 aromatic carbocycles. The summed E-state index contributed by atoms with van der Waals surface area (Å²) in [6.45, 7) is 0. The summed E-state index contributed by atoms with van der Waals surface area (Å²) in [6.07, 6.45) is -0.880. The van der Waals surface area contributed by atoms with Gasteiger partial charge in [-0.25, -0.2) is 9.37 Å². The molecule has 1 atom stereocenters. The highest BCUT2D eigenvalue weighted by Gasteiger charge is 2.15. The molecule has 0 radical (unpaired) electrons. The summed E-state index contributed by atoms with van der Waals surface area (Å²) < 4.78 is 13.6. The van der Waals surface area contributed by atoms with Crippen LogP contribution in [0.1, 0.15) is 16.7 Å². The molecule has 2 rings (SSSR count). The molecule has 0 saturated heterocycles. The van der Waals surface area contributed by atoms with Crippen LogP contribution in [0, 0.1) is 5.82 Å². The van der Waals surface area contributed by atoms with E-state index in [0.29, 0.717) is 15.2 Å². The van der Waals surface area contributed by atoms with E-state index in [2.05, 4.69) is 20.9 Å². The lowest BCUT2D eigenvalue weighted by molar-refractivity contribution is 0.219. The topological polar surface area (TPSA) is 33.1 Å². The maximum atomic E-state index is 12.9. The van der Waals surface area contributed by atoms with Gasteiger partial charge in [-0.15, -0.1) is 11.3 Å². The zero-order valence-electron chi connectivity index (χ0n) is 7.82. The summed E-state index contributed by atoms with van der Waals surface area (Å²) in [5, 5.41) is 12.3. The van der Waals surface area contributed by atoms with Gasteiger partial charge >= 0.3 is 0 Å². The first-order chi connectivity index (χ1) is 7.58. The summed E-state index contributed by atoms with van der Waals surface area (Å²) in [4.78, 5) is 4.09. The van der Waals surface area contributed by atoms with Gasteiger partial charge in [0, 0.05) is 5.38 Å². The molecule has 2 aromatic rings. The quantitative estimate of drug-likeness (QED) is 0.913. The highest BCUT2D eigenvalue weighted by atomic mass is 79.9. The van der Waals surface area contributed by atoms with Crippen molar-refractivity contribution in [3.63, 3.8) is 0 Å². The summed E-state index contributed by atoms with van der Waals surface area (Å²) in [7, 11) is 0. The van der Waals surface area contributed by atoms with Crippen LogP contribution in [0.25, 0.3) is 0 Å². The van der Waals surface area contributed by atoms with Crippen LogP contribution in [-0.4, -0.2) is 10.1 Å². The lowest BCUT2D eigenvalue weighted by Crippen LogP contribution is -1.99. The fourth-order valence-corrected chi connectivity index (χ4v) is 2.68. The summed E-state index contributed by atoms with van der Waals surface area (Å²) in [5.74, 6) is -0.502. The van der Waals surface area contributed by atoms with E-state index in [1.165, 1.54) is 29.5 Å². The number of hydrogen-bond acceptors (Lipinski definition) is 3. The fourth-order valence-electron chi connectivity index (χ4n) is 1.22. The molecule has 84 valence electrons. The van der Waals surface area contributed by atoms with E-state index < -0.39 is 11.9 Å². The molecule has 0 saturated carbocycles. The van der Waals surface area contributed by atoms with Crippen LogP contribution in [0.2, 0.25) is 5.02 Å². The standard InChI is InChI=1S/C10H6BrClFNOS/c11-8-4-16-10(14-8)9(15)5-1-2-7(13)6(12)3-5/h1-4,9,15H. The Morgan fingerprint density at radius 2 is 2.25 bits per heavy atom. The van der Waals surface area contributed by atoms with Gasteiger partial charge in [0.25, 0.3) is 0 Å². The SMILES string of the molecule is OC(c1ccc(F)c(Cl)c1)c1nc(Br)cs1. The zero-order valence-corrected chi connectivity index (χ0v) is 11.0. The van der Waals surface area contributed by atoms with Crippen LogP contribution >= 0.6 is 38.9 Å². The average molecular weight is 323 g/mol. The van der Waals surface area contributed by atoms with Crippen molar-refractivity contribution in [1.82, 2.24) is 4.98 Å². The molecular weight excluding hydrogens is 317 g/mol. The van der Waals surface area contributed by atoms with Gasteiger partial charge in [-0.2, -0.15) is 0 Å². The molecule has 1 N–H and O–H groups in total. The van der Waals surface area contributed by atoms with Gasteiger partial charge < -0.3 is 5.11 Å². The maximum Gasteiger partial charge on any atom is 0.141 e. The Bertz CT molecular complexity index is 519. The molecule has 0 bridgehead atoms. The Kier molecular flexibility index (Phi) is 3.59. The third-order valence-corrected chi connectivity index (χ3v) is 3.88. The first kappa shape index (κ1) is 12.0. The summed E-state index contributed by atoms with van der Waals surface area (Å²) in [6, 6.07) is 4.11. The number of rotatable bonds is 2. The molecule has 16 heavy (non-hydrogen) atoms. The van der Waals surface area contributed by atoms with Gasteiger partial charge in [0.2, 0.25) is 0 Å². The van der Waals surface area contributed by atoms with Crippen LogP contribution in [0.5, 0.6) is 0 Å². The highest BCUT2D eigenvalue weighted by molar-refractivity contribution is 9.10. The Balaban J connectivity index is 2.33. The fraction of sp³-hybridized carbons (Fsp3) is 0.100. The molecule has 0 spiro atoms. The largest absolute Gasteiger partial charge is 0.381 e. The van der Waals surface area contributed by atoms with E-state index in [1.54, 1.807) is 5.38 Å². The lowest BCUT2D eigenvalue weighted by atomic mass is 10.1. The van der Waals surface area contributed by atoms with Crippen molar-refractivity contribution < 1.29 is 9.50 Å². The van der Waals surface area contributed by atoms with E-state index in [9.17, 15) is 9.50 Å². The molecule has 1 unspecified atom stereocenters. The van der Waals surface area contributed by atoms with E-state index in [4.69, 9.17) is 11.6 Å². The molecule has 1 aromatic heterocycles. The molecule has 6 heteroatoms. The normalized spacial score (nSPS) is 12.8. The second-order valence-electron chi connectivity index (χ2n) is 3.08. The summed E-state index contributed by atoms with van der Waals surface area (Å²) in [5.41, 5.74) is 0.522. The van der Waals surface area contributed by atoms with Crippen molar-refractivity contribution in [2.45, 2.75) is 6.10 Å². The van der Waals surface area contributed by atoms with Gasteiger partial charge in [0.05, 0.1) is 5.02 Å². The minimum absolute atomic E-state index is 0.00725. The van der Waals surface area contributed by atoms with Crippen LogP contribution in [0.15, 0.2) is 28.2 Å². The monoisotopic (exact) mass is 321 g/mol. The number of nitrogens with zero attached hydrogens (tertiary/aromatic N) is 1. The predicted octanol–water partition coefficient (Wildman–Crippen LogP) is 3.78. The number of halogens is 3.